The molecule has 25 heavy (non-hydrogen) atoms. The Labute approximate surface area is 158 Å². The third kappa shape index (κ3) is 4.07. The van der Waals surface area contributed by atoms with Gasteiger partial charge >= 0.3 is 0 Å². The van der Waals surface area contributed by atoms with Crippen LogP contribution in [0.3, 0.4) is 0 Å². The molecular weight excluding hydrogens is 434 g/mol. The second-order valence-corrected chi connectivity index (χ2v) is 7.67. The summed E-state index contributed by atoms with van der Waals surface area (Å²) in [5.74, 6) is -1.28. The van der Waals surface area contributed by atoms with E-state index >= 15 is 0 Å². The monoisotopic (exact) mass is 444 g/mol. The zero-order chi connectivity index (χ0) is 18.0. The zero-order valence-corrected chi connectivity index (χ0v) is 16.0. The molecule has 0 saturated heterocycles. The molecule has 130 valence electrons. The van der Waals surface area contributed by atoms with Gasteiger partial charge in [-0.25, -0.2) is 8.78 Å². The van der Waals surface area contributed by atoms with Crippen molar-refractivity contribution in [1.29, 1.82) is 0 Å². The number of benzene rings is 1. The van der Waals surface area contributed by atoms with Gasteiger partial charge in [-0.3, -0.25) is 4.79 Å². The van der Waals surface area contributed by atoms with Gasteiger partial charge in [0, 0.05) is 17.6 Å². The molecule has 1 N–H and O–H groups in total. The molecule has 0 fully saturated rings. The summed E-state index contributed by atoms with van der Waals surface area (Å²) in [5.41, 5.74) is -0.0933. The van der Waals surface area contributed by atoms with E-state index in [0.717, 1.165) is 10.9 Å². The van der Waals surface area contributed by atoms with E-state index in [4.69, 9.17) is 0 Å². The number of carbonyl (C=O) groups excluding carboxylic acids is 1. The Hall–Kier alpha value is -1.78. The van der Waals surface area contributed by atoms with Crippen molar-refractivity contribution < 1.29 is 13.6 Å². The average Bonchev–Trinajstić information content (AvgIpc) is 3.18. The largest absolute Gasteiger partial charge is 0.322 e. The highest BCUT2D eigenvalue weighted by atomic mass is 79.9. The minimum absolute atomic E-state index is 0.0136. The lowest BCUT2D eigenvalue weighted by Gasteiger charge is -2.08. The van der Waals surface area contributed by atoms with Crippen LogP contribution >= 0.6 is 39.0 Å². The van der Waals surface area contributed by atoms with E-state index in [1.807, 2.05) is 24.6 Å². The van der Waals surface area contributed by atoms with Gasteiger partial charge in [0.15, 0.2) is 16.8 Å². The lowest BCUT2D eigenvalue weighted by molar-refractivity contribution is -0.113. The summed E-state index contributed by atoms with van der Waals surface area (Å²) in [7, 11) is 1.81. The summed E-state index contributed by atoms with van der Waals surface area (Å²) in [6.07, 6.45) is 0. The Morgan fingerprint density at radius 2 is 2.20 bits per heavy atom. The predicted octanol–water partition coefficient (Wildman–Crippen LogP) is 4.32. The zero-order valence-electron chi connectivity index (χ0n) is 12.8. The summed E-state index contributed by atoms with van der Waals surface area (Å²) in [6, 6.07) is 5.65. The molecule has 0 aliphatic rings. The Morgan fingerprint density at radius 1 is 1.40 bits per heavy atom. The van der Waals surface area contributed by atoms with Crippen molar-refractivity contribution in [3.05, 3.63) is 45.8 Å². The van der Waals surface area contributed by atoms with Crippen LogP contribution in [0.5, 0.6) is 0 Å². The molecule has 10 heteroatoms. The molecule has 0 aliphatic carbocycles. The van der Waals surface area contributed by atoms with Crippen molar-refractivity contribution in [2.24, 2.45) is 7.05 Å². The van der Waals surface area contributed by atoms with Crippen molar-refractivity contribution in [1.82, 2.24) is 14.8 Å². The Morgan fingerprint density at radius 3 is 2.88 bits per heavy atom. The number of rotatable bonds is 5. The van der Waals surface area contributed by atoms with Crippen LogP contribution in [-0.2, 0) is 11.8 Å². The first-order valence-corrected chi connectivity index (χ1v) is 9.62. The summed E-state index contributed by atoms with van der Waals surface area (Å²) < 4.78 is 28.7. The molecular formula is C15H11BrF2N4OS2. The molecule has 0 aliphatic heterocycles. The number of nitrogens with zero attached hydrogens (tertiary/aromatic N) is 3. The van der Waals surface area contributed by atoms with Crippen molar-refractivity contribution in [2.45, 2.75) is 5.16 Å². The van der Waals surface area contributed by atoms with Crippen LogP contribution in [-0.4, -0.2) is 26.4 Å². The molecule has 0 radical (unpaired) electrons. The minimum atomic E-state index is -0.844. The topological polar surface area (TPSA) is 59.8 Å². The SMILES string of the molecule is Cn1c(SCC(=O)Nc2c(F)cc(F)cc2Br)nnc1-c1cccs1. The predicted molar refractivity (Wildman–Crippen MR) is 97.7 cm³/mol. The number of amides is 1. The van der Waals surface area contributed by atoms with Crippen LogP contribution < -0.4 is 5.32 Å². The number of anilines is 1. The maximum Gasteiger partial charge on any atom is 0.234 e. The second-order valence-electron chi connectivity index (χ2n) is 4.92. The molecule has 2 heterocycles. The van der Waals surface area contributed by atoms with E-state index in [-0.39, 0.29) is 15.9 Å². The quantitative estimate of drug-likeness (QED) is 0.595. The van der Waals surface area contributed by atoms with Crippen LogP contribution in [0.2, 0.25) is 0 Å². The van der Waals surface area contributed by atoms with Gasteiger partial charge in [-0.15, -0.1) is 21.5 Å². The summed E-state index contributed by atoms with van der Waals surface area (Å²) in [4.78, 5) is 13.0. The fraction of sp³-hybridized carbons (Fsp3) is 0.133. The highest BCUT2D eigenvalue weighted by Crippen LogP contribution is 2.28. The second kappa shape index (κ2) is 7.63. The minimum Gasteiger partial charge on any atom is -0.322 e. The van der Waals surface area contributed by atoms with E-state index in [1.165, 1.54) is 11.8 Å². The number of hydrogen-bond acceptors (Lipinski definition) is 5. The van der Waals surface area contributed by atoms with Gasteiger partial charge in [-0.1, -0.05) is 17.8 Å². The van der Waals surface area contributed by atoms with Crippen molar-refractivity contribution >= 4 is 50.6 Å². The molecule has 3 aromatic rings. The first-order chi connectivity index (χ1) is 12.0. The van der Waals surface area contributed by atoms with E-state index < -0.39 is 17.5 Å². The molecule has 5 nitrogen and oxygen atoms in total. The third-order valence-corrected chi connectivity index (χ3v) is 5.69. The van der Waals surface area contributed by atoms with Gasteiger partial charge in [0.2, 0.25) is 5.91 Å². The standard InChI is InChI=1S/C15H11BrF2N4OS2/c1-22-14(11-3-2-4-24-11)20-21-15(22)25-7-12(23)19-13-9(16)5-8(17)6-10(13)18/h2-6H,7H2,1H3,(H,19,23). The molecule has 1 amide bonds. The van der Waals surface area contributed by atoms with Gasteiger partial charge in [0.25, 0.3) is 0 Å². The molecule has 0 saturated carbocycles. The number of halogens is 3. The van der Waals surface area contributed by atoms with E-state index in [9.17, 15) is 13.6 Å². The van der Waals surface area contributed by atoms with E-state index in [2.05, 4.69) is 31.4 Å². The first kappa shape index (κ1) is 18.0. The van der Waals surface area contributed by atoms with Crippen molar-refractivity contribution in [3.63, 3.8) is 0 Å². The van der Waals surface area contributed by atoms with Crippen LogP contribution in [0.25, 0.3) is 10.7 Å². The van der Waals surface area contributed by atoms with Crippen molar-refractivity contribution in [3.8, 4) is 10.7 Å². The molecule has 2 aromatic heterocycles. The number of nitrogens with one attached hydrogen (secondary N) is 1. The molecule has 0 spiro atoms. The molecule has 0 bridgehead atoms. The van der Waals surface area contributed by atoms with Gasteiger partial charge in [-0.2, -0.15) is 0 Å². The van der Waals surface area contributed by atoms with E-state index in [0.29, 0.717) is 17.0 Å². The number of aromatic nitrogens is 3. The summed E-state index contributed by atoms with van der Waals surface area (Å²) >= 11 is 5.75. The smallest absolute Gasteiger partial charge is 0.234 e. The summed E-state index contributed by atoms with van der Waals surface area (Å²) in [5, 5.41) is 13.1. The van der Waals surface area contributed by atoms with Gasteiger partial charge < -0.3 is 9.88 Å². The van der Waals surface area contributed by atoms with Gasteiger partial charge in [0.05, 0.1) is 16.3 Å². The summed E-state index contributed by atoms with van der Waals surface area (Å²) in [6.45, 7) is 0. The number of hydrogen-bond donors (Lipinski definition) is 1. The lowest BCUT2D eigenvalue weighted by atomic mass is 10.3. The highest BCUT2D eigenvalue weighted by molar-refractivity contribution is 9.10. The Kier molecular flexibility index (Phi) is 5.50. The molecule has 3 rings (SSSR count). The third-order valence-electron chi connectivity index (χ3n) is 3.18. The maximum absolute atomic E-state index is 13.7. The average molecular weight is 445 g/mol. The molecule has 0 atom stereocenters. The fourth-order valence-electron chi connectivity index (χ4n) is 2.03. The van der Waals surface area contributed by atoms with Crippen molar-refractivity contribution in [2.75, 3.05) is 11.1 Å². The normalized spacial score (nSPS) is 10.9. The van der Waals surface area contributed by atoms with E-state index in [1.54, 1.807) is 15.9 Å². The molecule has 1 aromatic carbocycles. The first-order valence-electron chi connectivity index (χ1n) is 6.96. The Balaban J connectivity index is 1.66. The Bertz CT molecular complexity index is 891. The maximum atomic E-state index is 13.7. The highest BCUT2D eigenvalue weighted by Gasteiger charge is 2.16. The fourth-order valence-corrected chi connectivity index (χ4v) is 3.99. The molecule has 0 unspecified atom stereocenters. The van der Waals surface area contributed by atoms with Gasteiger partial charge in [0.1, 0.15) is 5.82 Å². The van der Waals surface area contributed by atoms with Crippen LogP contribution in [0.1, 0.15) is 0 Å². The number of thioether (sulfide) groups is 1. The number of carbonyl (C=O) groups is 1. The van der Waals surface area contributed by atoms with Gasteiger partial charge in [-0.05, 0) is 33.4 Å². The van der Waals surface area contributed by atoms with Crippen LogP contribution in [0, 0.1) is 11.6 Å². The van der Waals surface area contributed by atoms with Crippen LogP contribution in [0.15, 0.2) is 39.3 Å². The van der Waals surface area contributed by atoms with Crippen LogP contribution in [0.4, 0.5) is 14.5 Å². The number of thiophene rings is 1. The lowest BCUT2D eigenvalue weighted by Crippen LogP contribution is -2.16.